The fourth-order valence-electron chi connectivity index (χ4n) is 1.51. The second-order valence-corrected chi connectivity index (χ2v) is 5.09. The summed E-state index contributed by atoms with van der Waals surface area (Å²) in [6.45, 7) is 12.4. The first-order chi connectivity index (χ1) is 5.41. The van der Waals surface area contributed by atoms with Crippen molar-refractivity contribution in [1.82, 2.24) is 5.32 Å². The lowest BCUT2D eigenvalue weighted by molar-refractivity contribution is 0.480. The van der Waals surface area contributed by atoms with Gasteiger partial charge in [0.15, 0.2) is 0 Å². The van der Waals surface area contributed by atoms with Gasteiger partial charge < -0.3 is 5.32 Å². The van der Waals surface area contributed by atoms with Gasteiger partial charge in [0.1, 0.15) is 0 Å². The Kier molecular flexibility index (Phi) is 2.62. The summed E-state index contributed by atoms with van der Waals surface area (Å²) in [5, 5.41) is 3.52. The normalized spacial score (nSPS) is 24.8. The van der Waals surface area contributed by atoms with Gasteiger partial charge >= 0.3 is 0 Å². The first-order valence-corrected chi connectivity index (χ1v) is 4.86. The van der Waals surface area contributed by atoms with Gasteiger partial charge in [-0.2, -0.15) is 0 Å². The van der Waals surface area contributed by atoms with Gasteiger partial charge in [-0.1, -0.05) is 46.3 Å². The summed E-state index contributed by atoms with van der Waals surface area (Å²) < 4.78 is 0. The van der Waals surface area contributed by atoms with E-state index < -0.39 is 0 Å². The Morgan fingerprint density at radius 2 is 2.00 bits per heavy atom. The van der Waals surface area contributed by atoms with Crippen molar-refractivity contribution in [3.05, 3.63) is 11.6 Å². The van der Waals surface area contributed by atoms with Gasteiger partial charge in [-0.15, -0.1) is 0 Å². The average molecular weight is 167 g/mol. The molecule has 1 aliphatic rings. The van der Waals surface area contributed by atoms with Crippen LogP contribution in [0.15, 0.2) is 11.6 Å². The molecule has 1 rings (SSSR count). The molecule has 0 radical (unpaired) electrons. The zero-order valence-corrected chi connectivity index (χ0v) is 8.94. The van der Waals surface area contributed by atoms with Crippen LogP contribution in [0.3, 0.4) is 0 Å². The third-order valence-corrected chi connectivity index (χ3v) is 2.59. The molecule has 0 unspecified atom stereocenters. The summed E-state index contributed by atoms with van der Waals surface area (Å²) in [6.07, 6.45) is 2.41. The lowest BCUT2D eigenvalue weighted by Gasteiger charge is -2.19. The second kappa shape index (κ2) is 3.21. The van der Waals surface area contributed by atoms with Crippen molar-refractivity contribution in [2.75, 3.05) is 6.54 Å². The first kappa shape index (κ1) is 9.79. The van der Waals surface area contributed by atoms with E-state index in [9.17, 15) is 0 Å². The van der Waals surface area contributed by atoms with Crippen molar-refractivity contribution in [2.45, 2.75) is 40.7 Å². The molecule has 0 bridgehead atoms. The van der Waals surface area contributed by atoms with Crippen LogP contribution in [-0.4, -0.2) is 12.6 Å². The van der Waals surface area contributed by atoms with Gasteiger partial charge in [0.25, 0.3) is 0 Å². The molecule has 1 N–H and O–H groups in total. The molecule has 1 nitrogen and oxygen atoms in total. The van der Waals surface area contributed by atoms with Gasteiger partial charge in [-0.25, -0.2) is 0 Å². The van der Waals surface area contributed by atoms with E-state index in [1.807, 2.05) is 0 Å². The molecule has 0 aliphatic carbocycles. The fraction of sp³-hybridized carbons (Fsp3) is 0.818. The summed E-state index contributed by atoms with van der Waals surface area (Å²) in [5.41, 5.74) is 1.90. The van der Waals surface area contributed by atoms with Crippen LogP contribution >= 0.6 is 0 Å². The summed E-state index contributed by atoms with van der Waals surface area (Å²) >= 11 is 0. The Balaban J connectivity index is 2.66. The van der Waals surface area contributed by atoms with Crippen LogP contribution in [0.1, 0.15) is 34.6 Å². The SMILES string of the molecule is CC(C)[C@H]1C=C(C(C)(C)C)CN1. The minimum absolute atomic E-state index is 0.344. The molecular formula is C11H21N. The van der Waals surface area contributed by atoms with Gasteiger partial charge in [-0.05, 0) is 11.3 Å². The molecule has 0 saturated heterocycles. The van der Waals surface area contributed by atoms with E-state index in [1.165, 1.54) is 0 Å². The Hall–Kier alpha value is -0.300. The highest BCUT2D eigenvalue weighted by molar-refractivity contribution is 5.21. The number of nitrogens with one attached hydrogen (secondary N) is 1. The van der Waals surface area contributed by atoms with Crippen LogP contribution in [-0.2, 0) is 0 Å². The minimum Gasteiger partial charge on any atom is -0.307 e. The number of hydrogen-bond donors (Lipinski definition) is 1. The van der Waals surface area contributed by atoms with E-state index >= 15 is 0 Å². The molecule has 1 aliphatic heterocycles. The molecule has 0 aromatic rings. The minimum atomic E-state index is 0.344. The van der Waals surface area contributed by atoms with Crippen LogP contribution < -0.4 is 5.32 Å². The second-order valence-electron chi connectivity index (χ2n) is 5.09. The van der Waals surface area contributed by atoms with Crippen molar-refractivity contribution >= 4 is 0 Å². The first-order valence-electron chi connectivity index (χ1n) is 4.86. The third kappa shape index (κ3) is 2.10. The van der Waals surface area contributed by atoms with Gasteiger partial charge in [0.05, 0.1) is 0 Å². The molecule has 0 aromatic carbocycles. The van der Waals surface area contributed by atoms with E-state index in [2.05, 4.69) is 46.0 Å². The molecule has 0 spiro atoms. The van der Waals surface area contributed by atoms with Crippen LogP contribution in [0.4, 0.5) is 0 Å². The fourth-order valence-corrected chi connectivity index (χ4v) is 1.51. The molecule has 0 aromatic heterocycles. The van der Waals surface area contributed by atoms with Crippen LogP contribution in [0.2, 0.25) is 0 Å². The number of rotatable bonds is 1. The van der Waals surface area contributed by atoms with Crippen molar-refractivity contribution in [2.24, 2.45) is 11.3 Å². The number of hydrogen-bond acceptors (Lipinski definition) is 1. The molecule has 0 amide bonds. The van der Waals surface area contributed by atoms with Crippen LogP contribution in [0.25, 0.3) is 0 Å². The van der Waals surface area contributed by atoms with Gasteiger partial charge in [0, 0.05) is 12.6 Å². The summed E-state index contributed by atoms with van der Waals surface area (Å²) in [6, 6.07) is 0.597. The maximum atomic E-state index is 3.52. The predicted molar refractivity (Wildman–Crippen MR) is 54.2 cm³/mol. The highest BCUT2D eigenvalue weighted by atomic mass is 14.9. The topological polar surface area (TPSA) is 12.0 Å². The van der Waals surface area contributed by atoms with Gasteiger partial charge in [0.2, 0.25) is 0 Å². The summed E-state index contributed by atoms with van der Waals surface area (Å²) in [7, 11) is 0. The van der Waals surface area contributed by atoms with Gasteiger partial charge in [-0.3, -0.25) is 0 Å². The standard InChI is InChI=1S/C11H21N/c1-8(2)10-6-9(7-12-10)11(3,4)5/h6,8,10,12H,7H2,1-5H3/t10-/m1/s1. The predicted octanol–water partition coefficient (Wildman–Crippen LogP) is 2.59. The Morgan fingerprint density at radius 3 is 2.25 bits per heavy atom. The smallest absolute Gasteiger partial charge is 0.0279 e. The average Bonchev–Trinajstić information content (AvgIpc) is 2.30. The molecule has 70 valence electrons. The van der Waals surface area contributed by atoms with E-state index in [1.54, 1.807) is 5.57 Å². The lowest BCUT2D eigenvalue weighted by Crippen LogP contribution is -2.27. The molecule has 1 atom stereocenters. The van der Waals surface area contributed by atoms with Crippen molar-refractivity contribution in [3.8, 4) is 0 Å². The summed E-state index contributed by atoms with van der Waals surface area (Å²) in [4.78, 5) is 0. The van der Waals surface area contributed by atoms with E-state index in [0.29, 0.717) is 17.4 Å². The Morgan fingerprint density at radius 1 is 1.42 bits per heavy atom. The Bertz CT molecular complexity index is 184. The zero-order chi connectivity index (χ0) is 9.35. The monoisotopic (exact) mass is 167 g/mol. The molecular weight excluding hydrogens is 146 g/mol. The molecule has 1 heterocycles. The van der Waals surface area contributed by atoms with Crippen molar-refractivity contribution in [3.63, 3.8) is 0 Å². The lowest BCUT2D eigenvalue weighted by atomic mass is 9.86. The highest BCUT2D eigenvalue weighted by Gasteiger charge is 2.24. The zero-order valence-electron chi connectivity index (χ0n) is 8.94. The maximum absolute atomic E-state index is 3.52. The van der Waals surface area contributed by atoms with E-state index in [4.69, 9.17) is 0 Å². The van der Waals surface area contributed by atoms with Crippen LogP contribution in [0.5, 0.6) is 0 Å². The highest BCUT2D eigenvalue weighted by Crippen LogP contribution is 2.28. The quantitative estimate of drug-likeness (QED) is 0.592. The Labute approximate surface area is 76.2 Å². The third-order valence-electron chi connectivity index (χ3n) is 2.59. The van der Waals surface area contributed by atoms with E-state index in [-0.39, 0.29) is 0 Å². The molecule has 12 heavy (non-hydrogen) atoms. The van der Waals surface area contributed by atoms with Crippen molar-refractivity contribution < 1.29 is 0 Å². The maximum Gasteiger partial charge on any atom is 0.0279 e. The molecule has 1 heteroatoms. The van der Waals surface area contributed by atoms with Crippen molar-refractivity contribution in [1.29, 1.82) is 0 Å². The molecule has 0 fully saturated rings. The largest absolute Gasteiger partial charge is 0.307 e. The molecule has 0 saturated carbocycles. The van der Waals surface area contributed by atoms with E-state index in [0.717, 1.165) is 6.54 Å². The van der Waals surface area contributed by atoms with Crippen LogP contribution in [0, 0.1) is 11.3 Å². The summed E-state index contributed by atoms with van der Waals surface area (Å²) in [5.74, 6) is 0.713.